The molecule has 6 heteroatoms. The Hall–Kier alpha value is -1.89. The summed E-state index contributed by atoms with van der Waals surface area (Å²) >= 11 is 0. The molecule has 0 radical (unpaired) electrons. The number of benzene rings is 2. The molecule has 146 valence electrons. The van der Waals surface area contributed by atoms with Gasteiger partial charge in [0.25, 0.3) is 0 Å². The summed E-state index contributed by atoms with van der Waals surface area (Å²) in [7, 11) is -1.91. The summed E-state index contributed by atoms with van der Waals surface area (Å²) in [5, 5.41) is 0. The van der Waals surface area contributed by atoms with Gasteiger partial charge in [-0.2, -0.15) is 0 Å². The molecule has 0 unspecified atom stereocenters. The summed E-state index contributed by atoms with van der Waals surface area (Å²) in [5.41, 5.74) is 2.92. The van der Waals surface area contributed by atoms with Crippen LogP contribution in [0.5, 0.6) is 5.75 Å². The fraction of sp³-hybridized carbons (Fsp3) is 0.429. The molecule has 0 saturated carbocycles. The minimum Gasteiger partial charge on any atom is -0.497 e. The predicted molar refractivity (Wildman–Crippen MR) is 108 cm³/mol. The van der Waals surface area contributed by atoms with Crippen molar-refractivity contribution in [2.45, 2.75) is 37.6 Å². The van der Waals surface area contributed by atoms with Crippen molar-refractivity contribution in [3.63, 3.8) is 0 Å². The van der Waals surface area contributed by atoms with E-state index >= 15 is 0 Å². The highest BCUT2D eigenvalue weighted by Crippen LogP contribution is 2.27. The summed E-state index contributed by atoms with van der Waals surface area (Å²) in [6, 6.07) is 13.3. The average Bonchev–Trinajstić information content (AvgIpc) is 3.16. The Balaban J connectivity index is 1.81. The zero-order valence-corrected chi connectivity index (χ0v) is 17.1. The lowest BCUT2D eigenvalue weighted by atomic mass is 10.1. The summed E-state index contributed by atoms with van der Waals surface area (Å²) in [6.45, 7) is 6.12. The third kappa shape index (κ3) is 4.69. The van der Waals surface area contributed by atoms with E-state index < -0.39 is 10.0 Å². The largest absolute Gasteiger partial charge is 0.497 e. The predicted octanol–water partition coefficient (Wildman–Crippen LogP) is 3.43. The van der Waals surface area contributed by atoms with E-state index in [-0.39, 0.29) is 6.04 Å². The third-order valence-corrected chi connectivity index (χ3v) is 6.75. The second-order valence-electron chi connectivity index (χ2n) is 7.15. The molecule has 0 bridgehead atoms. The van der Waals surface area contributed by atoms with Gasteiger partial charge in [0.2, 0.25) is 10.0 Å². The van der Waals surface area contributed by atoms with E-state index in [1.165, 1.54) is 0 Å². The highest BCUT2D eigenvalue weighted by atomic mass is 32.2. The van der Waals surface area contributed by atoms with Gasteiger partial charge in [0.05, 0.1) is 12.0 Å². The van der Waals surface area contributed by atoms with Crippen LogP contribution in [0.25, 0.3) is 0 Å². The fourth-order valence-electron chi connectivity index (χ4n) is 3.70. The van der Waals surface area contributed by atoms with Gasteiger partial charge < -0.3 is 4.74 Å². The lowest BCUT2D eigenvalue weighted by molar-refractivity contribution is 0.246. The molecule has 1 N–H and O–H groups in total. The standard InChI is InChI=1S/C21H28N2O3S/c1-16-6-11-21(17(2)14-16)27(24,25)22-15-20(23-12-4-5-13-23)18-7-9-19(26-3)10-8-18/h6-11,14,20,22H,4-5,12-13,15H2,1-3H3/t20-/m0/s1. The normalized spacial score (nSPS) is 16.4. The van der Waals surface area contributed by atoms with Crippen molar-refractivity contribution in [3.05, 3.63) is 59.2 Å². The Labute approximate surface area is 162 Å². The second kappa shape index (κ2) is 8.42. The van der Waals surface area contributed by atoms with Crippen molar-refractivity contribution in [3.8, 4) is 5.75 Å². The molecule has 2 aromatic carbocycles. The van der Waals surface area contributed by atoms with Crippen molar-refractivity contribution >= 4 is 10.0 Å². The molecular weight excluding hydrogens is 360 g/mol. The third-order valence-electron chi connectivity index (χ3n) is 5.17. The van der Waals surface area contributed by atoms with Gasteiger partial charge in [-0.1, -0.05) is 29.8 Å². The number of nitrogens with zero attached hydrogens (tertiary/aromatic N) is 1. The summed E-state index contributed by atoms with van der Waals surface area (Å²) in [6.07, 6.45) is 2.30. The highest BCUT2D eigenvalue weighted by Gasteiger charge is 2.26. The SMILES string of the molecule is COc1ccc([C@H](CNS(=O)(=O)c2ccc(C)cc2C)N2CCCC2)cc1. The van der Waals surface area contributed by atoms with Crippen molar-refractivity contribution in [1.82, 2.24) is 9.62 Å². The molecule has 1 fully saturated rings. The van der Waals surface area contributed by atoms with E-state index in [0.29, 0.717) is 11.4 Å². The lowest BCUT2D eigenvalue weighted by Gasteiger charge is -2.28. The van der Waals surface area contributed by atoms with Gasteiger partial charge in [-0.15, -0.1) is 0 Å². The van der Waals surface area contributed by atoms with E-state index in [1.807, 2.05) is 50.2 Å². The molecule has 1 heterocycles. The first-order chi connectivity index (χ1) is 12.9. The quantitative estimate of drug-likeness (QED) is 0.790. The Morgan fingerprint density at radius 2 is 1.74 bits per heavy atom. The maximum atomic E-state index is 12.9. The second-order valence-corrected chi connectivity index (χ2v) is 8.89. The Kier molecular flexibility index (Phi) is 6.19. The number of hydrogen-bond donors (Lipinski definition) is 1. The number of sulfonamides is 1. The van der Waals surface area contributed by atoms with Crippen LogP contribution >= 0.6 is 0 Å². The minimum atomic E-state index is -3.55. The Morgan fingerprint density at radius 3 is 2.33 bits per heavy atom. The summed E-state index contributed by atoms with van der Waals surface area (Å²) in [4.78, 5) is 2.70. The van der Waals surface area contributed by atoms with E-state index in [1.54, 1.807) is 13.2 Å². The number of hydrogen-bond acceptors (Lipinski definition) is 4. The van der Waals surface area contributed by atoms with Crippen molar-refractivity contribution in [2.75, 3.05) is 26.7 Å². The maximum absolute atomic E-state index is 12.9. The summed E-state index contributed by atoms with van der Waals surface area (Å²) < 4.78 is 33.8. The number of ether oxygens (including phenoxy) is 1. The number of methoxy groups -OCH3 is 1. The highest BCUT2D eigenvalue weighted by molar-refractivity contribution is 7.89. The van der Waals surface area contributed by atoms with E-state index in [9.17, 15) is 8.42 Å². The van der Waals surface area contributed by atoms with Crippen LogP contribution < -0.4 is 9.46 Å². The van der Waals surface area contributed by atoms with E-state index in [4.69, 9.17) is 4.74 Å². The van der Waals surface area contributed by atoms with Gasteiger partial charge >= 0.3 is 0 Å². The van der Waals surface area contributed by atoms with Gasteiger partial charge in [0.1, 0.15) is 5.75 Å². The van der Waals surface area contributed by atoms with Crippen molar-refractivity contribution < 1.29 is 13.2 Å². The van der Waals surface area contributed by atoms with Crippen LogP contribution in [0.2, 0.25) is 0 Å². The van der Waals surface area contributed by atoms with Crippen LogP contribution in [0.3, 0.4) is 0 Å². The molecule has 1 saturated heterocycles. The molecule has 0 aromatic heterocycles. The average molecular weight is 389 g/mol. The van der Waals surface area contributed by atoms with Gasteiger partial charge in [-0.3, -0.25) is 4.90 Å². The topological polar surface area (TPSA) is 58.6 Å². The molecule has 0 aliphatic carbocycles. The number of rotatable bonds is 7. The Bertz CT molecular complexity index is 873. The molecule has 27 heavy (non-hydrogen) atoms. The van der Waals surface area contributed by atoms with Crippen LogP contribution in [-0.4, -0.2) is 40.1 Å². The maximum Gasteiger partial charge on any atom is 0.240 e. The van der Waals surface area contributed by atoms with E-state index in [0.717, 1.165) is 48.4 Å². The van der Waals surface area contributed by atoms with Crippen molar-refractivity contribution in [2.24, 2.45) is 0 Å². The molecule has 1 aliphatic rings. The van der Waals surface area contributed by atoms with Gasteiger partial charge in [-0.05, 0) is 69.1 Å². The van der Waals surface area contributed by atoms with Crippen molar-refractivity contribution in [1.29, 1.82) is 0 Å². The molecule has 5 nitrogen and oxygen atoms in total. The van der Waals surface area contributed by atoms with Crippen LogP contribution in [0, 0.1) is 13.8 Å². The number of nitrogens with one attached hydrogen (secondary N) is 1. The molecule has 1 atom stereocenters. The Morgan fingerprint density at radius 1 is 1.07 bits per heavy atom. The van der Waals surface area contributed by atoms with Crippen LogP contribution in [0.1, 0.15) is 35.6 Å². The number of aryl methyl sites for hydroxylation is 2. The summed E-state index contributed by atoms with van der Waals surface area (Å²) in [5.74, 6) is 0.801. The van der Waals surface area contributed by atoms with Crippen LogP contribution in [0.15, 0.2) is 47.4 Å². The first kappa shape index (κ1) is 19.9. The molecule has 0 amide bonds. The monoisotopic (exact) mass is 388 g/mol. The zero-order chi connectivity index (χ0) is 19.4. The first-order valence-electron chi connectivity index (χ1n) is 9.35. The van der Waals surface area contributed by atoms with Gasteiger partial charge in [0.15, 0.2) is 0 Å². The van der Waals surface area contributed by atoms with Gasteiger partial charge in [0, 0.05) is 12.6 Å². The smallest absolute Gasteiger partial charge is 0.240 e. The first-order valence-corrected chi connectivity index (χ1v) is 10.8. The van der Waals surface area contributed by atoms with E-state index in [2.05, 4.69) is 9.62 Å². The molecule has 0 spiro atoms. The van der Waals surface area contributed by atoms with Crippen LogP contribution in [-0.2, 0) is 10.0 Å². The molecule has 1 aliphatic heterocycles. The molecule has 3 rings (SSSR count). The molecular formula is C21H28N2O3S. The van der Waals surface area contributed by atoms with Crippen LogP contribution in [0.4, 0.5) is 0 Å². The minimum absolute atomic E-state index is 0.0129. The van der Waals surface area contributed by atoms with Gasteiger partial charge in [-0.25, -0.2) is 13.1 Å². The fourth-order valence-corrected chi connectivity index (χ4v) is 4.97. The zero-order valence-electron chi connectivity index (χ0n) is 16.2. The number of likely N-dealkylation sites (tertiary alicyclic amines) is 1. The molecule has 2 aromatic rings. The lowest BCUT2D eigenvalue weighted by Crippen LogP contribution is -2.37.